The summed E-state index contributed by atoms with van der Waals surface area (Å²) in [6, 6.07) is 12.6. The number of rotatable bonds is 6. The standard InChI is InChI=1S/C26H38N4O2/c1-22-20-23(2)30(26(32)27-22)19-10-14-25(31)29-17-9-4-3-8-15-28(16-11-18-29)21-24-12-6-5-7-13-24/h5-7,12-13,20H,3-4,8-11,14-19,21H2,1-2H3. The maximum absolute atomic E-state index is 12.9. The van der Waals surface area contributed by atoms with E-state index >= 15 is 0 Å². The average Bonchev–Trinajstić information content (AvgIpc) is 2.81. The maximum Gasteiger partial charge on any atom is 0.347 e. The van der Waals surface area contributed by atoms with Crippen molar-refractivity contribution in [3.8, 4) is 0 Å². The number of carbonyl (C=O) groups is 1. The van der Waals surface area contributed by atoms with E-state index in [1.54, 1.807) is 4.57 Å². The lowest BCUT2D eigenvalue weighted by molar-refractivity contribution is -0.131. The quantitative estimate of drug-likeness (QED) is 0.686. The third-order valence-corrected chi connectivity index (χ3v) is 6.28. The van der Waals surface area contributed by atoms with Crippen molar-refractivity contribution < 1.29 is 4.79 Å². The van der Waals surface area contributed by atoms with Crippen LogP contribution < -0.4 is 5.69 Å². The molecule has 1 saturated heterocycles. The van der Waals surface area contributed by atoms with Gasteiger partial charge in [-0.15, -0.1) is 0 Å². The molecule has 0 spiro atoms. The predicted octanol–water partition coefficient (Wildman–Crippen LogP) is 3.94. The molecule has 1 amide bonds. The van der Waals surface area contributed by atoms with Crippen LogP contribution in [0, 0.1) is 13.8 Å². The monoisotopic (exact) mass is 438 g/mol. The van der Waals surface area contributed by atoms with E-state index in [2.05, 4.69) is 45.1 Å². The van der Waals surface area contributed by atoms with Gasteiger partial charge in [-0.2, -0.15) is 4.98 Å². The second-order valence-corrected chi connectivity index (χ2v) is 8.99. The molecule has 1 fully saturated rings. The minimum atomic E-state index is -0.219. The Bertz CT molecular complexity index is 910. The summed E-state index contributed by atoms with van der Waals surface area (Å²) in [6.45, 7) is 9.09. The summed E-state index contributed by atoms with van der Waals surface area (Å²) in [5.41, 5.74) is 2.78. The molecular formula is C26H38N4O2. The summed E-state index contributed by atoms with van der Waals surface area (Å²) < 4.78 is 1.68. The first-order valence-corrected chi connectivity index (χ1v) is 12.1. The maximum atomic E-state index is 12.9. The summed E-state index contributed by atoms with van der Waals surface area (Å²) in [7, 11) is 0. The zero-order chi connectivity index (χ0) is 22.8. The van der Waals surface area contributed by atoms with Gasteiger partial charge in [0.15, 0.2) is 0 Å². The van der Waals surface area contributed by atoms with Crippen LogP contribution in [-0.2, 0) is 17.9 Å². The van der Waals surface area contributed by atoms with E-state index in [1.807, 2.05) is 19.9 Å². The molecule has 3 rings (SSSR count). The second-order valence-electron chi connectivity index (χ2n) is 8.99. The molecule has 0 radical (unpaired) electrons. The van der Waals surface area contributed by atoms with Crippen LogP contribution in [0.1, 0.15) is 61.9 Å². The van der Waals surface area contributed by atoms with E-state index in [0.29, 0.717) is 19.4 Å². The largest absolute Gasteiger partial charge is 0.347 e. The zero-order valence-corrected chi connectivity index (χ0v) is 19.8. The van der Waals surface area contributed by atoms with Crippen molar-refractivity contribution in [2.45, 2.75) is 71.9 Å². The lowest BCUT2D eigenvalue weighted by atomic mass is 10.1. The molecule has 6 nitrogen and oxygen atoms in total. The van der Waals surface area contributed by atoms with Crippen LogP contribution in [0.5, 0.6) is 0 Å². The minimum Gasteiger partial charge on any atom is -0.343 e. The molecule has 0 saturated carbocycles. The van der Waals surface area contributed by atoms with Gasteiger partial charge in [-0.3, -0.25) is 14.3 Å². The molecule has 0 N–H and O–H groups in total. The molecule has 1 aliphatic heterocycles. The van der Waals surface area contributed by atoms with Gasteiger partial charge in [-0.25, -0.2) is 4.79 Å². The molecule has 0 bridgehead atoms. The van der Waals surface area contributed by atoms with Crippen molar-refractivity contribution in [1.82, 2.24) is 19.4 Å². The lowest BCUT2D eigenvalue weighted by Crippen LogP contribution is -2.35. The number of carbonyl (C=O) groups excluding carboxylic acids is 1. The van der Waals surface area contributed by atoms with Crippen LogP contribution in [0.4, 0.5) is 0 Å². The number of benzene rings is 1. The lowest BCUT2D eigenvalue weighted by Gasteiger charge is -2.25. The van der Waals surface area contributed by atoms with Gasteiger partial charge in [0.25, 0.3) is 0 Å². The highest BCUT2D eigenvalue weighted by Gasteiger charge is 2.15. The fourth-order valence-corrected chi connectivity index (χ4v) is 4.54. The zero-order valence-electron chi connectivity index (χ0n) is 19.8. The Morgan fingerprint density at radius 1 is 0.938 bits per heavy atom. The Labute approximate surface area is 192 Å². The van der Waals surface area contributed by atoms with E-state index in [4.69, 9.17) is 0 Å². The Balaban J connectivity index is 1.51. The molecule has 6 heteroatoms. The van der Waals surface area contributed by atoms with Crippen LogP contribution >= 0.6 is 0 Å². The van der Waals surface area contributed by atoms with Gasteiger partial charge in [-0.05, 0) is 57.7 Å². The highest BCUT2D eigenvalue weighted by Crippen LogP contribution is 2.12. The minimum absolute atomic E-state index is 0.213. The molecule has 32 heavy (non-hydrogen) atoms. The van der Waals surface area contributed by atoms with Crippen LogP contribution in [0.3, 0.4) is 0 Å². The molecule has 0 atom stereocenters. The molecule has 174 valence electrons. The van der Waals surface area contributed by atoms with Crippen molar-refractivity contribution in [3.05, 3.63) is 63.8 Å². The fourth-order valence-electron chi connectivity index (χ4n) is 4.54. The van der Waals surface area contributed by atoms with Crippen molar-refractivity contribution in [2.75, 3.05) is 26.2 Å². The topological polar surface area (TPSA) is 58.4 Å². The summed E-state index contributed by atoms with van der Waals surface area (Å²) in [5.74, 6) is 0.213. The smallest absolute Gasteiger partial charge is 0.343 e. The van der Waals surface area contributed by atoms with Gasteiger partial charge >= 0.3 is 5.69 Å². The van der Waals surface area contributed by atoms with Gasteiger partial charge < -0.3 is 4.90 Å². The number of nitrogens with zero attached hydrogens (tertiary/aromatic N) is 4. The number of aromatic nitrogens is 2. The molecular weight excluding hydrogens is 400 g/mol. The highest BCUT2D eigenvalue weighted by molar-refractivity contribution is 5.76. The van der Waals surface area contributed by atoms with Gasteiger partial charge in [-0.1, -0.05) is 43.2 Å². The SMILES string of the molecule is Cc1cc(C)n(CCCC(=O)N2CCCCCCN(Cc3ccccc3)CCC2)c(=O)n1. The summed E-state index contributed by atoms with van der Waals surface area (Å²) >= 11 is 0. The predicted molar refractivity (Wildman–Crippen MR) is 129 cm³/mol. The van der Waals surface area contributed by atoms with E-state index in [0.717, 1.165) is 57.0 Å². The van der Waals surface area contributed by atoms with Gasteiger partial charge in [0.1, 0.15) is 0 Å². The van der Waals surface area contributed by atoms with E-state index in [1.165, 1.54) is 24.8 Å². The van der Waals surface area contributed by atoms with E-state index in [-0.39, 0.29) is 11.6 Å². The van der Waals surface area contributed by atoms with Crippen LogP contribution in [0.2, 0.25) is 0 Å². The van der Waals surface area contributed by atoms with Crippen molar-refractivity contribution >= 4 is 5.91 Å². The summed E-state index contributed by atoms with van der Waals surface area (Å²) in [6.07, 6.45) is 6.83. The first-order chi connectivity index (χ1) is 15.5. The van der Waals surface area contributed by atoms with Gasteiger partial charge in [0.05, 0.1) is 0 Å². The second kappa shape index (κ2) is 12.5. The number of aryl methyl sites for hydroxylation is 2. The Morgan fingerprint density at radius 3 is 2.38 bits per heavy atom. The van der Waals surface area contributed by atoms with Crippen LogP contribution in [-0.4, -0.2) is 51.4 Å². The average molecular weight is 439 g/mol. The van der Waals surface area contributed by atoms with Gasteiger partial charge in [0.2, 0.25) is 5.91 Å². The van der Waals surface area contributed by atoms with Crippen molar-refractivity contribution in [1.29, 1.82) is 0 Å². The van der Waals surface area contributed by atoms with Crippen LogP contribution in [0.15, 0.2) is 41.2 Å². The molecule has 0 unspecified atom stereocenters. The van der Waals surface area contributed by atoms with Crippen molar-refractivity contribution in [3.63, 3.8) is 0 Å². The third-order valence-electron chi connectivity index (χ3n) is 6.28. The fraction of sp³-hybridized carbons (Fsp3) is 0.577. The third kappa shape index (κ3) is 7.59. The molecule has 2 aromatic rings. The van der Waals surface area contributed by atoms with E-state index < -0.39 is 0 Å². The van der Waals surface area contributed by atoms with Crippen LogP contribution in [0.25, 0.3) is 0 Å². The molecule has 1 aromatic carbocycles. The highest BCUT2D eigenvalue weighted by atomic mass is 16.2. The molecule has 2 heterocycles. The molecule has 1 aliphatic rings. The Hall–Kier alpha value is -2.47. The normalized spacial score (nSPS) is 16.5. The molecule has 0 aliphatic carbocycles. The number of hydrogen-bond acceptors (Lipinski definition) is 4. The first-order valence-electron chi connectivity index (χ1n) is 12.1. The van der Waals surface area contributed by atoms with Crippen molar-refractivity contribution in [2.24, 2.45) is 0 Å². The summed E-state index contributed by atoms with van der Waals surface area (Å²) in [4.78, 5) is 33.7. The Morgan fingerprint density at radius 2 is 1.62 bits per heavy atom. The molecule has 1 aromatic heterocycles. The summed E-state index contributed by atoms with van der Waals surface area (Å²) in [5, 5.41) is 0. The number of amides is 1. The first kappa shape index (κ1) is 24.2. The van der Waals surface area contributed by atoms with Gasteiger partial charge in [0, 0.05) is 50.5 Å². The van der Waals surface area contributed by atoms with E-state index in [9.17, 15) is 9.59 Å². The Kier molecular flexibility index (Phi) is 9.47. The number of hydrogen-bond donors (Lipinski definition) is 0.